The van der Waals surface area contributed by atoms with Gasteiger partial charge in [-0.25, -0.2) is 0 Å². The highest BCUT2D eigenvalue weighted by atomic mass is 16.1. The fraction of sp³-hybridized carbons (Fsp3) is 0.471. The van der Waals surface area contributed by atoms with Gasteiger partial charge in [0.1, 0.15) is 0 Å². The van der Waals surface area contributed by atoms with Gasteiger partial charge in [0.05, 0.1) is 0 Å². The summed E-state index contributed by atoms with van der Waals surface area (Å²) in [6.45, 7) is 8.52. The minimum absolute atomic E-state index is 0.108. The average Bonchev–Trinajstić information content (AvgIpc) is 2.87. The third kappa shape index (κ3) is 4.08. The lowest BCUT2D eigenvalue weighted by molar-refractivity contribution is -0.121. The molecule has 4 nitrogen and oxygen atoms in total. The molecule has 1 heterocycles. The summed E-state index contributed by atoms with van der Waals surface area (Å²) in [6, 6.07) is 8.98. The van der Waals surface area contributed by atoms with Crippen molar-refractivity contribution in [3.8, 4) is 0 Å². The van der Waals surface area contributed by atoms with E-state index in [1.807, 2.05) is 6.92 Å². The van der Waals surface area contributed by atoms with E-state index in [4.69, 9.17) is 0 Å². The van der Waals surface area contributed by atoms with Crippen molar-refractivity contribution in [1.82, 2.24) is 15.2 Å². The number of benzene rings is 1. The molecule has 0 spiro atoms. The molecule has 2 N–H and O–H groups in total. The van der Waals surface area contributed by atoms with E-state index in [9.17, 15) is 4.79 Å². The second-order valence-corrected chi connectivity index (χ2v) is 5.60. The topological polar surface area (TPSA) is 46.1 Å². The van der Waals surface area contributed by atoms with Gasteiger partial charge in [-0.1, -0.05) is 26.0 Å². The Morgan fingerprint density at radius 3 is 2.81 bits per heavy atom. The Balaban J connectivity index is 2.12. The van der Waals surface area contributed by atoms with Crippen LogP contribution in [0.25, 0.3) is 10.9 Å². The molecule has 1 amide bonds. The molecule has 114 valence electrons. The van der Waals surface area contributed by atoms with Crippen molar-refractivity contribution in [3.63, 3.8) is 0 Å². The number of rotatable bonds is 7. The Hall–Kier alpha value is -1.81. The number of amides is 1. The summed E-state index contributed by atoms with van der Waals surface area (Å²) in [5, 5.41) is 7.56. The molecule has 2 rings (SSSR count). The smallest absolute Gasteiger partial charge is 0.221 e. The maximum Gasteiger partial charge on any atom is 0.221 e. The van der Waals surface area contributed by atoms with E-state index in [-0.39, 0.29) is 5.91 Å². The molecule has 1 aromatic carbocycles. The Morgan fingerprint density at radius 2 is 2.10 bits per heavy atom. The molecule has 0 aliphatic heterocycles. The maximum atomic E-state index is 11.6. The van der Waals surface area contributed by atoms with Crippen LogP contribution in [0.3, 0.4) is 0 Å². The zero-order valence-electron chi connectivity index (χ0n) is 13.1. The van der Waals surface area contributed by atoms with Gasteiger partial charge in [-0.15, -0.1) is 0 Å². The van der Waals surface area contributed by atoms with Crippen molar-refractivity contribution in [2.45, 2.75) is 46.3 Å². The van der Waals surface area contributed by atoms with Gasteiger partial charge in [0.15, 0.2) is 0 Å². The largest absolute Gasteiger partial charge is 0.356 e. The van der Waals surface area contributed by atoms with E-state index in [0.29, 0.717) is 19.0 Å². The standard InChI is InChI=1S/C17H25N3O/c1-4-18-17(21)9-11-20-10-8-15-14(12-19-13(2)3)6-5-7-16(15)20/h5-8,10,13,19H,4,9,11-12H2,1-3H3,(H,18,21). The first kappa shape index (κ1) is 15.6. The third-order valence-electron chi connectivity index (χ3n) is 3.56. The average molecular weight is 287 g/mol. The van der Waals surface area contributed by atoms with Gasteiger partial charge >= 0.3 is 0 Å². The quantitative estimate of drug-likeness (QED) is 0.822. The zero-order valence-corrected chi connectivity index (χ0v) is 13.1. The summed E-state index contributed by atoms with van der Waals surface area (Å²) in [6.07, 6.45) is 2.59. The number of aromatic nitrogens is 1. The van der Waals surface area contributed by atoms with Crippen LogP contribution in [-0.2, 0) is 17.9 Å². The van der Waals surface area contributed by atoms with Gasteiger partial charge in [0, 0.05) is 49.2 Å². The molecule has 1 aromatic heterocycles. The number of hydrogen-bond donors (Lipinski definition) is 2. The fourth-order valence-corrected chi connectivity index (χ4v) is 2.46. The zero-order chi connectivity index (χ0) is 15.2. The van der Waals surface area contributed by atoms with Gasteiger partial charge in [0.2, 0.25) is 5.91 Å². The minimum atomic E-state index is 0.108. The maximum absolute atomic E-state index is 11.6. The van der Waals surface area contributed by atoms with Gasteiger partial charge in [-0.2, -0.15) is 0 Å². The molecule has 0 radical (unpaired) electrons. The van der Waals surface area contributed by atoms with Gasteiger partial charge in [-0.3, -0.25) is 4.79 Å². The van der Waals surface area contributed by atoms with Crippen LogP contribution in [0.4, 0.5) is 0 Å². The summed E-state index contributed by atoms with van der Waals surface area (Å²) in [5.74, 6) is 0.108. The van der Waals surface area contributed by atoms with E-state index in [2.05, 4.69) is 59.5 Å². The summed E-state index contributed by atoms with van der Waals surface area (Å²) in [7, 11) is 0. The van der Waals surface area contributed by atoms with Crippen LogP contribution in [0.5, 0.6) is 0 Å². The molecule has 0 unspecified atom stereocenters. The first-order chi connectivity index (χ1) is 10.1. The highest BCUT2D eigenvalue weighted by Gasteiger charge is 2.07. The van der Waals surface area contributed by atoms with Crippen LogP contribution >= 0.6 is 0 Å². The van der Waals surface area contributed by atoms with Crippen molar-refractivity contribution in [2.24, 2.45) is 0 Å². The first-order valence-corrected chi connectivity index (χ1v) is 7.68. The van der Waals surface area contributed by atoms with Crippen LogP contribution in [0.2, 0.25) is 0 Å². The fourth-order valence-electron chi connectivity index (χ4n) is 2.46. The Labute approximate surface area is 126 Å². The Kier molecular flexibility index (Phi) is 5.39. The molecule has 0 bridgehead atoms. The summed E-state index contributed by atoms with van der Waals surface area (Å²) in [4.78, 5) is 11.6. The Morgan fingerprint density at radius 1 is 1.29 bits per heavy atom. The molecule has 2 aromatic rings. The van der Waals surface area contributed by atoms with Crippen LogP contribution in [0.15, 0.2) is 30.5 Å². The summed E-state index contributed by atoms with van der Waals surface area (Å²) < 4.78 is 2.16. The van der Waals surface area contributed by atoms with Crippen molar-refractivity contribution in [1.29, 1.82) is 0 Å². The van der Waals surface area contributed by atoms with E-state index < -0.39 is 0 Å². The predicted octanol–water partition coefficient (Wildman–Crippen LogP) is 2.67. The lowest BCUT2D eigenvalue weighted by Gasteiger charge is -2.10. The second kappa shape index (κ2) is 7.27. The van der Waals surface area contributed by atoms with Crippen LogP contribution in [0.1, 0.15) is 32.8 Å². The van der Waals surface area contributed by atoms with E-state index in [0.717, 1.165) is 13.1 Å². The van der Waals surface area contributed by atoms with Crippen molar-refractivity contribution in [2.75, 3.05) is 6.54 Å². The molecule has 0 aliphatic rings. The van der Waals surface area contributed by atoms with E-state index in [1.54, 1.807) is 0 Å². The predicted molar refractivity (Wildman–Crippen MR) is 87.2 cm³/mol. The van der Waals surface area contributed by atoms with Gasteiger partial charge in [0.25, 0.3) is 0 Å². The number of carbonyl (C=O) groups excluding carboxylic acids is 1. The molecule has 0 saturated carbocycles. The number of fused-ring (bicyclic) bond motifs is 1. The number of hydrogen-bond acceptors (Lipinski definition) is 2. The molecule has 0 atom stereocenters. The highest BCUT2D eigenvalue weighted by Crippen LogP contribution is 2.20. The number of nitrogens with one attached hydrogen (secondary N) is 2. The van der Waals surface area contributed by atoms with Crippen molar-refractivity contribution >= 4 is 16.8 Å². The number of carbonyl (C=O) groups is 1. The normalized spacial score (nSPS) is 11.2. The Bertz CT molecular complexity index is 601. The molecule has 0 saturated heterocycles. The second-order valence-electron chi connectivity index (χ2n) is 5.60. The van der Waals surface area contributed by atoms with E-state index >= 15 is 0 Å². The van der Waals surface area contributed by atoms with Gasteiger partial charge in [-0.05, 0) is 24.6 Å². The highest BCUT2D eigenvalue weighted by molar-refractivity contribution is 5.84. The summed E-state index contributed by atoms with van der Waals surface area (Å²) >= 11 is 0. The lowest BCUT2D eigenvalue weighted by atomic mass is 10.1. The number of nitrogens with zero attached hydrogens (tertiary/aromatic N) is 1. The molecular formula is C17H25N3O. The third-order valence-corrected chi connectivity index (χ3v) is 3.56. The van der Waals surface area contributed by atoms with Crippen LogP contribution in [-0.4, -0.2) is 23.1 Å². The van der Waals surface area contributed by atoms with Crippen LogP contribution in [0, 0.1) is 0 Å². The monoisotopic (exact) mass is 287 g/mol. The molecule has 0 fully saturated rings. The minimum Gasteiger partial charge on any atom is -0.356 e. The molecule has 0 aliphatic carbocycles. The van der Waals surface area contributed by atoms with Crippen LogP contribution < -0.4 is 10.6 Å². The first-order valence-electron chi connectivity index (χ1n) is 7.68. The molecule has 21 heavy (non-hydrogen) atoms. The molecular weight excluding hydrogens is 262 g/mol. The number of aryl methyl sites for hydroxylation is 1. The molecule has 4 heteroatoms. The van der Waals surface area contributed by atoms with E-state index in [1.165, 1.54) is 16.5 Å². The van der Waals surface area contributed by atoms with Crippen molar-refractivity contribution < 1.29 is 4.79 Å². The SMILES string of the molecule is CCNC(=O)CCn1ccc2c(CNC(C)C)cccc21. The van der Waals surface area contributed by atoms with Gasteiger partial charge < -0.3 is 15.2 Å². The lowest BCUT2D eigenvalue weighted by Crippen LogP contribution is -2.23. The summed E-state index contributed by atoms with van der Waals surface area (Å²) in [5.41, 5.74) is 2.50. The van der Waals surface area contributed by atoms with Crippen molar-refractivity contribution in [3.05, 3.63) is 36.0 Å².